The van der Waals surface area contributed by atoms with Crippen molar-refractivity contribution in [2.24, 2.45) is 5.73 Å². The molecule has 8 rings (SSSR count). The molecular formula is C51H51N9O7S2. The van der Waals surface area contributed by atoms with Gasteiger partial charge in [-0.15, -0.1) is 0 Å². The minimum atomic E-state index is -4.27. The van der Waals surface area contributed by atoms with Crippen molar-refractivity contribution in [1.82, 2.24) is 34.1 Å². The van der Waals surface area contributed by atoms with Crippen LogP contribution in [0.4, 0.5) is 5.95 Å². The van der Waals surface area contributed by atoms with Crippen LogP contribution in [-0.4, -0.2) is 87.4 Å². The first-order chi connectivity index (χ1) is 33.4. The Morgan fingerprint density at radius 3 is 1.84 bits per heavy atom. The van der Waals surface area contributed by atoms with Crippen molar-refractivity contribution < 1.29 is 31.2 Å². The molecule has 2 aromatic heterocycles. The van der Waals surface area contributed by atoms with Gasteiger partial charge in [-0.2, -0.15) is 9.82 Å². The number of carbonyl (C=O) groups is 2. The number of methoxy groups -OCH3 is 1. The lowest BCUT2D eigenvalue weighted by molar-refractivity contribution is -0.142. The van der Waals surface area contributed by atoms with Crippen LogP contribution < -0.4 is 25.8 Å². The number of nitrogens with zero attached hydrogens (tertiary/aromatic N) is 4. The van der Waals surface area contributed by atoms with Crippen molar-refractivity contribution in [3.8, 4) is 11.1 Å². The number of hydrogen-bond donors (Lipinski definition) is 5. The molecule has 0 aliphatic rings. The summed E-state index contributed by atoms with van der Waals surface area (Å²) in [7, 11) is -6.87. The van der Waals surface area contributed by atoms with Crippen LogP contribution >= 0.6 is 0 Å². The molecular weight excluding hydrogens is 915 g/mol. The third-order valence-electron chi connectivity index (χ3n) is 11.7. The number of carbonyl (C=O) groups excluding carboxylic acids is 2. The average molecular weight is 966 g/mol. The van der Waals surface area contributed by atoms with Crippen molar-refractivity contribution in [3.63, 3.8) is 0 Å². The van der Waals surface area contributed by atoms with Gasteiger partial charge in [-0.05, 0) is 76.7 Å². The summed E-state index contributed by atoms with van der Waals surface area (Å²) >= 11 is 0. The van der Waals surface area contributed by atoms with Crippen LogP contribution in [-0.2, 0) is 41.7 Å². The average Bonchev–Trinajstić information content (AvgIpc) is 4.03. The van der Waals surface area contributed by atoms with E-state index < -0.39 is 50.0 Å². The minimum Gasteiger partial charge on any atom is -0.468 e. The molecule has 0 aliphatic carbocycles. The number of esters is 1. The standard InChI is InChI=1S/C51H51N9O7S2/c1-67-49(62)46(58-69(65,66)45-25-20-38(21-26-45)37-18-23-44(24-19-37)68(63,64)57-30-28-52)36-55-48(61)39-22-27-47-40(34-39)35-56-60(47)32-11-29-53-50-54-31-33-59(50)51(41-12-5-2-6-13-41,42-14-7-3-8-15-42)43-16-9-4-10-17-43/h2-10,12-27,31,33-35,46,57-58H,11,28-30,32,36,52H2,1H3,(H,53,54)(H,55,61). The van der Waals surface area contributed by atoms with E-state index in [2.05, 4.69) is 103 Å². The second kappa shape index (κ2) is 21.2. The molecule has 8 aromatic rings. The van der Waals surface area contributed by atoms with Gasteiger partial charge < -0.3 is 21.1 Å². The highest BCUT2D eigenvalue weighted by Gasteiger charge is 2.39. The van der Waals surface area contributed by atoms with Gasteiger partial charge in [0.15, 0.2) is 0 Å². The summed E-state index contributed by atoms with van der Waals surface area (Å²) in [6.45, 7) is 1.01. The zero-order valence-corrected chi connectivity index (χ0v) is 39.2. The van der Waals surface area contributed by atoms with Gasteiger partial charge in [-0.25, -0.2) is 26.5 Å². The van der Waals surface area contributed by atoms with Crippen molar-refractivity contribution in [1.29, 1.82) is 0 Å². The summed E-state index contributed by atoms with van der Waals surface area (Å²) in [6.07, 6.45) is 6.19. The number of rotatable bonds is 21. The number of ether oxygens (including phenoxy) is 1. The van der Waals surface area contributed by atoms with E-state index in [4.69, 9.17) is 15.5 Å². The van der Waals surface area contributed by atoms with E-state index in [-0.39, 0.29) is 28.4 Å². The SMILES string of the molecule is COC(=O)C(CNC(=O)c1ccc2c(cnn2CCCNc2nccn2C(c2ccccc2)(c2ccccc2)c2ccccc2)c1)NS(=O)(=O)c1ccc(-c2ccc(S(=O)(=O)NCCN)cc2)cc1. The number of benzene rings is 6. The second-order valence-corrected chi connectivity index (χ2v) is 19.5. The Balaban J connectivity index is 0.894. The first-order valence-corrected chi connectivity index (χ1v) is 25.1. The number of imidazole rings is 1. The van der Waals surface area contributed by atoms with Gasteiger partial charge >= 0.3 is 5.97 Å². The van der Waals surface area contributed by atoms with Crippen LogP contribution in [0.5, 0.6) is 0 Å². The van der Waals surface area contributed by atoms with Crippen LogP contribution in [0, 0.1) is 0 Å². The monoisotopic (exact) mass is 965 g/mol. The first kappa shape index (κ1) is 48.0. The minimum absolute atomic E-state index is 0.0623. The molecule has 1 amide bonds. The molecule has 354 valence electrons. The predicted molar refractivity (Wildman–Crippen MR) is 264 cm³/mol. The zero-order valence-electron chi connectivity index (χ0n) is 37.6. The Labute approximate surface area is 400 Å². The van der Waals surface area contributed by atoms with Crippen LogP contribution in [0.25, 0.3) is 22.0 Å². The van der Waals surface area contributed by atoms with Crippen LogP contribution in [0.15, 0.2) is 186 Å². The maximum atomic E-state index is 13.5. The van der Waals surface area contributed by atoms with Crippen LogP contribution in [0.2, 0.25) is 0 Å². The van der Waals surface area contributed by atoms with Crippen molar-refractivity contribution in [2.45, 2.75) is 34.3 Å². The number of anilines is 1. The molecule has 0 saturated heterocycles. The Kier molecular flexibility index (Phi) is 14.8. The van der Waals surface area contributed by atoms with Crippen molar-refractivity contribution >= 4 is 48.8 Å². The molecule has 0 fully saturated rings. The quantitative estimate of drug-likeness (QED) is 0.0333. The lowest BCUT2D eigenvalue weighted by Crippen LogP contribution is -2.48. The Hall–Kier alpha value is -7.48. The summed E-state index contributed by atoms with van der Waals surface area (Å²) in [5.41, 5.74) is 10.3. The maximum Gasteiger partial charge on any atom is 0.325 e. The molecule has 18 heteroatoms. The molecule has 0 radical (unpaired) electrons. The van der Waals surface area contributed by atoms with Gasteiger partial charge in [-0.3, -0.25) is 18.8 Å². The molecule has 0 aliphatic heterocycles. The van der Waals surface area contributed by atoms with Crippen LogP contribution in [0.1, 0.15) is 33.5 Å². The molecule has 2 heterocycles. The fourth-order valence-electron chi connectivity index (χ4n) is 8.29. The summed E-state index contributed by atoms with van der Waals surface area (Å²) in [6, 6.07) is 46.8. The normalized spacial score (nSPS) is 12.4. The van der Waals surface area contributed by atoms with Gasteiger partial charge in [0.2, 0.25) is 26.0 Å². The van der Waals surface area contributed by atoms with E-state index in [9.17, 15) is 26.4 Å². The summed E-state index contributed by atoms with van der Waals surface area (Å²) in [5.74, 6) is -0.726. The molecule has 69 heavy (non-hydrogen) atoms. The number of aryl methyl sites for hydroxylation is 1. The molecule has 0 bridgehead atoms. The smallest absolute Gasteiger partial charge is 0.325 e. The molecule has 6 N–H and O–H groups in total. The first-order valence-electron chi connectivity index (χ1n) is 22.1. The van der Waals surface area contributed by atoms with Gasteiger partial charge in [-0.1, -0.05) is 115 Å². The number of hydrogen-bond acceptors (Lipinski definition) is 11. The van der Waals surface area contributed by atoms with Gasteiger partial charge in [0.1, 0.15) is 11.6 Å². The molecule has 1 atom stereocenters. The van der Waals surface area contributed by atoms with E-state index in [1.54, 1.807) is 48.7 Å². The number of fused-ring (bicyclic) bond motifs is 1. The highest BCUT2D eigenvalue weighted by atomic mass is 32.2. The number of sulfonamides is 2. The predicted octanol–water partition coefficient (Wildman–Crippen LogP) is 5.73. The zero-order chi connectivity index (χ0) is 48.4. The number of nitrogens with two attached hydrogens (primary N) is 1. The topological polar surface area (TPSA) is 221 Å². The molecule has 6 aromatic carbocycles. The van der Waals surface area contributed by atoms with Gasteiger partial charge in [0.25, 0.3) is 5.91 Å². The van der Waals surface area contributed by atoms with Crippen LogP contribution in [0.3, 0.4) is 0 Å². The third-order valence-corrected chi connectivity index (χ3v) is 14.6. The lowest BCUT2D eigenvalue weighted by Gasteiger charge is -2.38. The van der Waals surface area contributed by atoms with Crippen molar-refractivity contribution in [3.05, 3.63) is 199 Å². The largest absolute Gasteiger partial charge is 0.468 e. The van der Waals surface area contributed by atoms with E-state index in [0.29, 0.717) is 36.6 Å². The van der Waals surface area contributed by atoms with E-state index >= 15 is 0 Å². The number of amides is 1. The van der Waals surface area contributed by atoms with Gasteiger partial charge in [0.05, 0.1) is 28.6 Å². The van der Waals surface area contributed by atoms with Crippen molar-refractivity contribution in [2.75, 3.05) is 38.6 Å². The second-order valence-electron chi connectivity index (χ2n) is 16.0. The Morgan fingerprint density at radius 1 is 0.725 bits per heavy atom. The highest BCUT2D eigenvalue weighted by Crippen LogP contribution is 2.42. The van der Waals surface area contributed by atoms with E-state index in [1.165, 1.54) is 24.3 Å². The molecule has 0 spiro atoms. The summed E-state index contributed by atoms with van der Waals surface area (Å²) in [5, 5.41) is 11.6. The summed E-state index contributed by atoms with van der Waals surface area (Å²) < 4.78 is 65.4. The highest BCUT2D eigenvalue weighted by molar-refractivity contribution is 7.89. The third kappa shape index (κ3) is 10.5. The molecule has 0 saturated carbocycles. The number of nitrogens with one attached hydrogen (secondary N) is 4. The fourth-order valence-corrected chi connectivity index (χ4v) is 10.5. The maximum absolute atomic E-state index is 13.5. The fraction of sp³-hybridized carbons (Fsp3) is 0.176. The molecule has 1 unspecified atom stereocenters. The lowest BCUT2D eigenvalue weighted by atomic mass is 9.76. The number of aromatic nitrogens is 4. The Bertz CT molecular complexity index is 3150. The van der Waals surface area contributed by atoms with Gasteiger partial charge in [0, 0.05) is 56.1 Å². The van der Waals surface area contributed by atoms with E-state index in [0.717, 1.165) is 34.7 Å². The summed E-state index contributed by atoms with van der Waals surface area (Å²) in [4.78, 5) is 30.9. The Morgan fingerprint density at radius 2 is 1.29 bits per heavy atom. The van der Waals surface area contributed by atoms with E-state index in [1.807, 2.05) is 35.3 Å². The molecule has 16 nitrogen and oxygen atoms in total.